The molecule has 8 N–H and O–H groups in total. The van der Waals surface area contributed by atoms with Crippen LogP contribution in [0.1, 0.15) is 21.5 Å². The molecule has 5 atom stereocenters. The van der Waals surface area contributed by atoms with Gasteiger partial charge in [0.2, 0.25) is 5.78 Å². The molecule has 0 radical (unpaired) electrons. The van der Waals surface area contributed by atoms with Crippen LogP contribution < -0.4 is 11.1 Å². The topological polar surface area (TPSA) is 203 Å². The average Bonchev–Trinajstić information content (AvgIpc) is 2.82. The number of carbonyl (C=O) groups excluding carboxylic acids is 3. The van der Waals surface area contributed by atoms with Crippen LogP contribution in [0.15, 0.2) is 41.4 Å². The van der Waals surface area contributed by atoms with Gasteiger partial charge in [-0.25, -0.2) is 0 Å². The van der Waals surface area contributed by atoms with E-state index >= 15 is 0 Å². The lowest BCUT2D eigenvalue weighted by atomic mass is 9.56. The highest BCUT2D eigenvalue weighted by atomic mass is 16.5. The number of fused-ring (bicyclic) bond motifs is 3. The van der Waals surface area contributed by atoms with Gasteiger partial charge in [0.1, 0.15) is 22.8 Å². The van der Waals surface area contributed by atoms with Gasteiger partial charge in [-0.15, -0.1) is 0 Å². The Kier molecular flexibility index (Phi) is 6.51. The number of hydrogen-bond donors (Lipinski definition) is 7. The van der Waals surface area contributed by atoms with Gasteiger partial charge in [-0.2, -0.15) is 0 Å². The molecule has 1 aromatic rings. The molecule has 0 aliphatic heterocycles. The van der Waals surface area contributed by atoms with E-state index in [4.69, 9.17) is 10.5 Å². The van der Waals surface area contributed by atoms with E-state index in [1.165, 1.54) is 26.1 Å². The number of aromatic hydroxyl groups is 1. The predicted molar refractivity (Wildman–Crippen MR) is 129 cm³/mol. The number of nitrogens with one attached hydrogen (secondary N) is 1. The molecule has 198 valence electrons. The first-order valence-corrected chi connectivity index (χ1v) is 11.4. The minimum absolute atomic E-state index is 0.130. The minimum atomic E-state index is -2.97. The third-order valence-electron chi connectivity index (χ3n) is 7.39. The van der Waals surface area contributed by atoms with Crippen LogP contribution in [0.25, 0.3) is 5.57 Å². The standard InChI is InChI=1S/C25H29N3O9/c1-9-11-6-5-10(7-27-8-37-4)18(29)13(11)19(30)14-12(9)20(31)16-17(28(2)3)21(32)15(24(26)35)23(34)25(16,36)22(14)33/h5-6,12,16-17,20,27,29,31-33,36H,1,7-8H2,2-4H3,(H2,26,35)/t12-,16-,17-,20-,25-/m1/s1. The molecule has 1 aromatic carbocycles. The smallest absolute Gasteiger partial charge is 0.255 e. The van der Waals surface area contributed by atoms with Gasteiger partial charge in [-0.1, -0.05) is 18.7 Å². The van der Waals surface area contributed by atoms with E-state index in [2.05, 4.69) is 11.9 Å². The van der Waals surface area contributed by atoms with Crippen LogP contribution in [0, 0.1) is 11.8 Å². The lowest BCUT2D eigenvalue weighted by Gasteiger charge is -2.52. The second-order valence-corrected chi connectivity index (χ2v) is 9.59. The van der Waals surface area contributed by atoms with E-state index in [1.807, 2.05) is 0 Å². The molecule has 1 amide bonds. The van der Waals surface area contributed by atoms with Gasteiger partial charge in [0.05, 0.1) is 35.9 Å². The number of primary amides is 1. The highest BCUT2D eigenvalue weighted by molar-refractivity contribution is 6.25. The number of ketones is 2. The predicted octanol–water partition coefficient (Wildman–Crippen LogP) is -0.744. The molecule has 12 nitrogen and oxygen atoms in total. The maximum atomic E-state index is 13.7. The zero-order chi connectivity index (χ0) is 27.6. The van der Waals surface area contributed by atoms with Crippen LogP contribution in [-0.2, 0) is 20.9 Å². The zero-order valence-corrected chi connectivity index (χ0v) is 20.5. The monoisotopic (exact) mass is 515 g/mol. The fraction of sp³-hybridized carbons (Fsp3) is 0.400. The number of benzene rings is 1. The largest absolute Gasteiger partial charge is 0.510 e. The Morgan fingerprint density at radius 1 is 1.24 bits per heavy atom. The summed E-state index contributed by atoms with van der Waals surface area (Å²) in [6.07, 6.45) is -1.72. The van der Waals surface area contributed by atoms with Crippen molar-refractivity contribution in [3.8, 4) is 5.75 Å². The van der Waals surface area contributed by atoms with E-state index in [9.17, 15) is 39.9 Å². The van der Waals surface area contributed by atoms with Gasteiger partial charge in [0.25, 0.3) is 5.91 Å². The molecule has 0 saturated carbocycles. The molecule has 0 bridgehead atoms. The Bertz CT molecular complexity index is 1300. The number of carbonyl (C=O) groups is 3. The Balaban J connectivity index is 1.97. The van der Waals surface area contributed by atoms with Crippen molar-refractivity contribution in [1.82, 2.24) is 10.2 Å². The number of phenolic OH excluding ortho intramolecular Hbond substituents is 1. The molecule has 0 spiro atoms. The zero-order valence-electron chi connectivity index (χ0n) is 20.5. The maximum absolute atomic E-state index is 13.7. The van der Waals surface area contributed by atoms with Gasteiger partial charge >= 0.3 is 0 Å². The summed E-state index contributed by atoms with van der Waals surface area (Å²) in [5.74, 6) is -8.92. The second-order valence-electron chi connectivity index (χ2n) is 9.59. The number of nitrogens with two attached hydrogens (primary N) is 1. The van der Waals surface area contributed by atoms with Gasteiger partial charge in [0, 0.05) is 25.1 Å². The fourth-order valence-corrected chi connectivity index (χ4v) is 5.73. The van der Waals surface area contributed by atoms with Gasteiger partial charge in [-0.05, 0) is 25.2 Å². The molecule has 37 heavy (non-hydrogen) atoms. The lowest BCUT2D eigenvalue weighted by Crippen LogP contribution is -2.68. The lowest BCUT2D eigenvalue weighted by molar-refractivity contribution is -0.159. The normalized spacial score (nSPS) is 29.4. The number of ether oxygens (including phenoxy) is 1. The van der Waals surface area contributed by atoms with E-state index in [-0.39, 0.29) is 30.0 Å². The third-order valence-corrected chi connectivity index (χ3v) is 7.39. The molecule has 0 fully saturated rings. The quantitative estimate of drug-likeness (QED) is 0.143. The van der Waals surface area contributed by atoms with Gasteiger partial charge in [0.15, 0.2) is 11.4 Å². The number of phenols is 1. The first-order valence-electron chi connectivity index (χ1n) is 11.4. The third kappa shape index (κ3) is 3.52. The SMILES string of the molecule is C=C1c2ccc(CNCOC)c(O)c2C(=O)C2=C(O)[C@@]3(O)C(=O)C(C(N)=O)=C(O)[C@H](N(C)C)[C@@H]3[C@H](O)[C@H]12. The fourth-order valence-electron chi connectivity index (χ4n) is 5.73. The summed E-state index contributed by atoms with van der Waals surface area (Å²) in [6.45, 7) is 4.28. The molecule has 3 aliphatic carbocycles. The highest BCUT2D eigenvalue weighted by Crippen LogP contribution is 2.55. The summed E-state index contributed by atoms with van der Waals surface area (Å²) >= 11 is 0. The number of hydrogen-bond acceptors (Lipinski definition) is 11. The number of nitrogens with zero attached hydrogens (tertiary/aromatic N) is 1. The Labute approximate surface area is 211 Å². The molecule has 0 aromatic heterocycles. The number of aliphatic hydroxyl groups is 4. The summed E-state index contributed by atoms with van der Waals surface area (Å²) in [4.78, 5) is 40.5. The van der Waals surface area contributed by atoms with E-state index in [0.717, 1.165) is 0 Å². The number of aliphatic hydroxyl groups excluding tert-OH is 3. The van der Waals surface area contributed by atoms with Crippen molar-refractivity contribution in [2.45, 2.75) is 24.3 Å². The Morgan fingerprint density at radius 3 is 2.46 bits per heavy atom. The number of methoxy groups -OCH3 is 1. The second kappa shape index (κ2) is 9.08. The molecule has 0 unspecified atom stereocenters. The van der Waals surface area contributed by atoms with Crippen molar-refractivity contribution < 1.29 is 44.7 Å². The van der Waals surface area contributed by atoms with Crippen molar-refractivity contribution in [2.24, 2.45) is 17.6 Å². The first-order chi connectivity index (χ1) is 17.3. The van der Waals surface area contributed by atoms with E-state index < -0.39 is 75.5 Å². The Morgan fingerprint density at radius 2 is 1.89 bits per heavy atom. The van der Waals surface area contributed by atoms with Crippen LogP contribution in [0.5, 0.6) is 5.75 Å². The summed E-state index contributed by atoms with van der Waals surface area (Å²) in [5, 5.41) is 59.1. The molecule has 0 saturated heterocycles. The van der Waals surface area contributed by atoms with Crippen LogP contribution in [0.4, 0.5) is 0 Å². The summed E-state index contributed by atoms with van der Waals surface area (Å²) < 4.78 is 4.92. The minimum Gasteiger partial charge on any atom is -0.510 e. The Hall–Kier alpha value is -3.55. The number of amides is 1. The molecular weight excluding hydrogens is 486 g/mol. The molecular formula is C25H29N3O9. The van der Waals surface area contributed by atoms with Crippen molar-refractivity contribution in [3.05, 3.63) is 58.1 Å². The van der Waals surface area contributed by atoms with E-state index in [1.54, 1.807) is 12.1 Å². The first kappa shape index (κ1) is 26.5. The number of likely N-dealkylation sites (N-methyl/N-ethyl adjacent to an activating group) is 1. The maximum Gasteiger partial charge on any atom is 0.255 e. The molecule has 0 heterocycles. The van der Waals surface area contributed by atoms with Crippen LogP contribution >= 0.6 is 0 Å². The van der Waals surface area contributed by atoms with Crippen molar-refractivity contribution in [2.75, 3.05) is 27.9 Å². The summed E-state index contributed by atoms with van der Waals surface area (Å²) in [5.41, 5.74) is 1.29. The molecule has 4 rings (SSSR count). The van der Waals surface area contributed by atoms with Crippen molar-refractivity contribution in [1.29, 1.82) is 0 Å². The van der Waals surface area contributed by atoms with Gasteiger partial charge < -0.3 is 36.0 Å². The van der Waals surface area contributed by atoms with Crippen molar-refractivity contribution in [3.63, 3.8) is 0 Å². The van der Waals surface area contributed by atoms with Gasteiger partial charge in [-0.3, -0.25) is 24.6 Å². The molecule has 12 heteroatoms. The van der Waals surface area contributed by atoms with Crippen molar-refractivity contribution >= 4 is 23.0 Å². The number of rotatable bonds is 6. The summed E-state index contributed by atoms with van der Waals surface area (Å²) in [7, 11) is 4.40. The number of Topliss-reactive ketones (excluding diaryl/α,β-unsaturated/α-hetero) is 2. The molecule has 3 aliphatic rings. The summed E-state index contributed by atoms with van der Waals surface area (Å²) in [6, 6.07) is 1.77. The average molecular weight is 516 g/mol. The van der Waals surface area contributed by atoms with Crippen LogP contribution in [0.3, 0.4) is 0 Å². The van der Waals surface area contributed by atoms with E-state index in [0.29, 0.717) is 5.56 Å². The highest BCUT2D eigenvalue weighted by Gasteiger charge is 2.67. The van der Waals surface area contributed by atoms with Crippen LogP contribution in [-0.4, -0.2) is 93.6 Å². The van der Waals surface area contributed by atoms with Crippen LogP contribution in [0.2, 0.25) is 0 Å².